The Morgan fingerprint density at radius 3 is 2.35 bits per heavy atom. The van der Waals surface area contributed by atoms with Crippen LogP contribution in [0.15, 0.2) is 24.3 Å². The van der Waals surface area contributed by atoms with Crippen molar-refractivity contribution >= 4 is 5.91 Å². The summed E-state index contributed by atoms with van der Waals surface area (Å²) >= 11 is 0. The zero-order chi connectivity index (χ0) is 16.8. The van der Waals surface area contributed by atoms with Gasteiger partial charge in [-0.05, 0) is 31.2 Å². The normalized spacial score (nSPS) is 19.3. The lowest BCUT2D eigenvalue weighted by molar-refractivity contribution is -0.124. The van der Waals surface area contributed by atoms with E-state index in [9.17, 15) is 14.3 Å². The summed E-state index contributed by atoms with van der Waals surface area (Å²) < 4.78 is 12.9. The minimum atomic E-state index is -0.850. The second kappa shape index (κ2) is 8.38. The fourth-order valence-electron chi connectivity index (χ4n) is 2.79. The van der Waals surface area contributed by atoms with E-state index in [0.29, 0.717) is 12.1 Å². The molecule has 0 saturated carbocycles. The molecular weight excluding hydrogens is 297 g/mol. The lowest BCUT2D eigenvalue weighted by Gasteiger charge is -2.33. The number of halogens is 1. The number of likely N-dealkylation sites (N-methyl/N-ethyl adjacent to an activating group) is 1. The summed E-state index contributed by atoms with van der Waals surface area (Å²) in [5.41, 5.74) is 0.593. The van der Waals surface area contributed by atoms with Gasteiger partial charge < -0.3 is 15.3 Å². The molecule has 0 bridgehead atoms. The highest BCUT2D eigenvalue weighted by molar-refractivity contribution is 5.78. The summed E-state index contributed by atoms with van der Waals surface area (Å²) in [5, 5.41) is 13.1. The predicted molar refractivity (Wildman–Crippen MR) is 87.5 cm³/mol. The zero-order valence-corrected chi connectivity index (χ0v) is 13.8. The monoisotopic (exact) mass is 323 g/mol. The van der Waals surface area contributed by atoms with Gasteiger partial charge in [0.1, 0.15) is 5.82 Å². The van der Waals surface area contributed by atoms with E-state index < -0.39 is 12.1 Å². The van der Waals surface area contributed by atoms with E-state index in [2.05, 4.69) is 22.0 Å². The summed E-state index contributed by atoms with van der Waals surface area (Å²) in [6.45, 7) is 9.02. The van der Waals surface area contributed by atoms with Gasteiger partial charge in [0.05, 0.1) is 18.7 Å². The smallest absolute Gasteiger partial charge is 0.234 e. The van der Waals surface area contributed by atoms with Crippen LogP contribution in [0, 0.1) is 5.82 Å². The maximum absolute atomic E-state index is 12.9. The molecule has 1 saturated heterocycles. The third-order valence-electron chi connectivity index (χ3n) is 4.35. The molecule has 2 atom stereocenters. The van der Waals surface area contributed by atoms with Crippen molar-refractivity contribution in [2.75, 3.05) is 39.3 Å². The van der Waals surface area contributed by atoms with Gasteiger partial charge >= 0.3 is 0 Å². The third kappa shape index (κ3) is 5.27. The molecule has 1 aromatic carbocycles. The number of nitrogens with zero attached hydrogens (tertiary/aromatic N) is 2. The minimum Gasteiger partial charge on any atom is -0.386 e. The third-order valence-corrected chi connectivity index (χ3v) is 4.35. The molecule has 23 heavy (non-hydrogen) atoms. The minimum absolute atomic E-state index is 0.0939. The first-order valence-electron chi connectivity index (χ1n) is 8.17. The molecule has 6 heteroatoms. The number of aliphatic hydroxyl groups is 1. The van der Waals surface area contributed by atoms with Crippen LogP contribution in [0.1, 0.15) is 25.5 Å². The first kappa shape index (κ1) is 17.8. The number of aliphatic hydroxyl groups excluding tert-OH is 1. The van der Waals surface area contributed by atoms with Crippen molar-refractivity contribution in [2.24, 2.45) is 0 Å². The van der Waals surface area contributed by atoms with Crippen molar-refractivity contribution in [3.05, 3.63) is 35.6 Å². The Labute approximate surface area is 137 Å². The number of rotatable bonds is 6. The zero-order valence-electron chi connectivity index (χ0n) is 13.8. The second-order valence-electron chi connectivity index (χ2n) is 6.06. The number of nitrogens with one attached hydrogen (secondary N) is 1. The van der Waals surface area contributed by atoms with Crippen molar-refractivity contribution in [1.82, 2.24) is 15.1 Å². The predicted octanol–water partition coefficient (Wildman–Crippen LogP) is 1.00. The molecule has 1 amide bonds. The molecule has 1 fully saturated rings. The summed E-state index contributed by atoms with van der Waals surface area (Å²) in [7, 11) is 0. The summed E-state index contributed by atoms with van der Waals surface area (Å²) in [4.78, 5) is 16.6. The van der Waals surface area contributed by atoms with Crippen LogP contribution in [0.3, 0.4) is 0 Å². The Bertz CT molecular complexity index is 501. The van der Waals surface area contributed by atoms with Gasteiger partial charge in [0.2, 0.25) is 5.91 Å². The van der Waals surface area contributed by atoms with Crippen LogP contribution in [0.5, 0.6) is 0 Å². The van der Waals surface area contributed by atoms with E-state index in [1.165, 1.54) is 24.3 Å². The van der Waals surface area contributed by atoms with Crippen LogP contribution < -0.4 is 5.32 Å². The van der Waals surface area contributed by atoms with E-state index in [0.717, 1.165) is 32.7 Å². The van der Waals surface area contributed by atoms with E-state index in [1.54, 1.807) is 6.92 Å². The highest BCUT2D eigenvalue weighted by atomic mass is 19.1. The molecule has 1 aromatic rings. The van der Waals surface area contributed by atoms with Gasteiger partial charge in [-0.2, -0.15) is 0 Å². The number of amides is 1. The molecule has 1 heterocycles. The number of hydrogen-bond acceptors (Lipinski definition) is 4. The molecular formula is C17H26FN3O2. The van der Waals surface area contributed by atoms with Crippen molar-refractivity contribution in [1.29, 1.82) is 0 Å². The van der Waals surface area contributed by atoms with E-state index >= 15 is 0 Å². The van der Waals surface area contributed by atoms with Crippen LogP contribution in [-0.4, -0.2) is 66.1 Å². The van der Waals surface area contributed by atoms with Crippen molar-refractivity contribution in [3.63, 3.8) is 0 Å². The Morgan fingerprint density at radius 1 is 1.22 bits per heavy atom. The molecule has 128 valence electrons. The molecule has 5 nitrogen and oxygen atoms in total. The van der Waals surface area contributed by atoms with Gasteiger partial charge in [0.15, 0.2) is 0 Å². The van der Waals surface area contributed by atoms with Gasteiger partial charge in [-0.1, -0.05) is 19.1 Å². The number of piperazine rings is 1. The fraction of sp³-hybridized carbons (Fsp3) is 0.588. The van der Waals surface area contributed by atoms with Gasteiger partial charge in [-0.15, -0.1) is 0 Å². The largest absolute Gasteiger partial charge is 0.386 e. The summed E-state index contributed by atoms with van der Waals surface area (Å²) in [6, 6.07) is 5.25. The van der Waals surface area contributed by atoms with Crippen LogP contribution in [0.25, 0.3) is 0 Å². The molecule has 1 aliphatic heterocycles. The van der Waals surface area contributed by atoms with Crippen molar-refractivity contribution < 1.29 is 14.3 Å². The average molecular weight is 323 g/mol. The Kier molecular flexibility index (Phi) is 6.50. The maximum atomic E-state index is 12.9. The van der Waals surface area contributed by atoms with Gasteiger partial charge in [-0.25, -0.2) is 4.39 Å². The standard InChI is InChI=1S/C17H26FN3O2/c1-3-20-8-10-21(11-9-20)12-16(22)19-13(2)17(23)14-4-6-15(18)7-5-14/h4-7,13,17,23H,3,8-12H2,1-2H3,(H,19,22). The Balaban J connectivity index is 1.79. The van der Waals surface area contributed by atoms with Crippen LogP contribution in [0.4, 0.5) is 4.39 Å². The highest BCUT2D eigenvalue weighted by Crippen LogP contribution is 2.17. The number of hydrogen-bond donors (Lipinski definition) is 2. The molecule has 0 aliphatic carbocycles. The molecule has 0 aromatic heterocycles. The second-order valence-corrected chi connectivity index (χ2v) is 6.06. The highest BCUT2D eigenvalue weighted by Gasteiger charge is 2.21. The van der Waals surface area contributed by atoms with E-state index in [-0.39, 0.29) is 11.7 Å². The fourth-order valence-corrected chi connectivity index (χ4v) is 2.79. The topological polar surface area (TPSA) is 55.8 Å². The molecule has 2 unspecified atom stereocenters. The van der Waals surface area contributed by atoms with Gasteiger partial charge in [0, 0.05) is 26.2 Å². The van der Waals surface area contributed by atoms with Crippen molar-refractivity contribution in [3.8, 4) is 0 Å². The van der Waals surface area contributed by atoms with Crippen molar-refractivity contribution in [2.45, 2.75) is 26.0 Å². The molecule has 2 rings (SSSR count). The number of carbonyl (C=O) groups is 1. The lowest BCUT2D eigenvalue weighted by atomic mass is 10.0. The Hall–Kier alpha value is -1.50. The quantitative estimate of drug-likeness (QED) is 0.820. The molecule has 0 radical (unpaired) electrons. The van der Waals surface area contributed by atoms with Gasteiger partial charge in [-0.3, -0.25) is 9.69 Å². The lowest BCUT2D eigenvalue weighted by Crippen LogP contribution is -2.50. The first-order chi connectivity index (χ1) is 11.0. The number of benzene rings is 1. The van der Waals surface area contributed by atoms with Crippen LogP contribution in [-0.2, 0) is 4.79 Å². The van der Waals surface area contributed by atoms with Crippen LogP contribution in [0.2, 0.25) is 0 Å². The van der Waals surface area contributed by atoms with Gasteiger partial charge in [0.25, 0.3) is 0 Å². The maximum Gasteiger partial charge on any atom is 0.234 e. The van der Waals surface area contributed by atoms with E-state index in [1.807, 2.05) is 0 Å². The first-order valence-corrected chi connectivity index (χ1v) is 8.17. The van der Waals surface area contributed by atoms with E-state index in [4.69, 9.17) is 0 Å². The molecule has 1 aliphatic rings. The SMILES string of the molecule is CCN1CCN(CC(=O)NC(C)C(O)c2ccc(F)cc2)CC1. The average Bonchev–Trinajstić information content (AvgIpc) is 2.55. The Morgan fingerprint density at radius 2 is 1.78 bits per heavy atom. The molecule has 0 spiro atoms. The van der Waals surface area contributed by atoms with Crippen LogP contribution >= 0.6 is 0 Å². The molecule has 2 N–H and O–H groups in total. The summed E-state index contributed by atoms with van der Waals surface area (Å²) in [5.74, 6) is -0.438. The number of carbonyl (C=O) groups excluding carboxylic acids is 1. The summed E-state index contributed by atoms with van der Waals surface area (Å²) in [6.07, 6.45) is -0.850.